The molecule has 2 N–H and O–H groups in total. The molecule has 3 heteroatoms. The van der Waals surface area contributed by atoms with Crippen LogP contribution in [0.2, 0.25) is 0 Å². The highest BCUT2D eigenvalue weighted by Crippen LogP contribution is 2.29. The summed E-state index contributed by atoms with van der Waals surface area (Å²) in [5.74, 6) is 0.424. The molecule has 1 atom stereocenters. The van der Waals surface area contributed by atoms with Crippen molar-refractivity contribution in [2.45, 2.75) is 26.3 Å². The molecule has 1 unspecified atom stereocenters. The van der Waals surface area contributed by atoms with Crippen molar-refractivity contribution in [1.82, 2.24) is 10.2 Å². The van der Waals surface area contributed by atoms with Gasteiger partial charge in [-0.15, -0.1) is 0 Å². The predicted octanol–water partition coefficient (Wildman–Crippen LogP) is 1.92. The third-order valence-corrected chi connectivity index (χ3v) is 3.65. The second kappa shape index (κ2) is 5.52. The zero-order valence-corrected chi connectivity index (χ0v) is 10.7. The van der Waals surface area contributed by atoms with E-state index in [0.29, 0.717) is 11.8 Å². The van der Waals surface area contributed by atoms with E-state index in [-0.39, 0.29) is 0 Å². The number of phenols is 1. The van der Waals surface area contributed by atoms with Crippen molar-refractivity contribution >= 4 is 0 Å². The maximum atomic E-state index is 9.99. The summed E-state index contributed by atoms with van der Waals surface area (Å²) in [6, 6.07) is 6.27. The summed E-state index contributed by atoms with van der Waals surface area (Å²) in [5.41, 5.74) is 2.35. The van der Waals surface area contributed by atoms with Gasteiger partial charge in [0.15, 0.2) is 0 Å². The van der Waals surface area contributed by atoms with E-state index in [1.54, 1.807) is 0 Å². The topological polar surface area (TPSA) is 35.5 Å². The summed E-state index contributed by atoms with van der Waals surface area (Å²) in [7, 11) is 0. The normalized spacial score (nSPS) is 19.2. The number of nitrogens with zero attached hydrogens (tertiary/aromatic N) is 1. The lowest BCUT2D eigenvalue weighted by Gasteiger charge is -2.33. The molecule has 1 aliphatic heterocycles. The summed E-state index contributed by atoms with van der Waals surface area (Å²) in [6.45, 7) is 8.51. The lowest BCUT2D eigenvalue weighted by molar-refractivity contribution is 0.183. The van der Waals surface area contributed by atoms with Gasteiger partial charge in [0.05, 0.1) is 0 Å². The molecule has 17 heavy (non-hydrogen) atoms. The molecule has 0 radical (unpaired) electrons. The number of nitrogens with one attached hydrogen (secondary N) is 1. The molecule has 0 aliphatic carbocycles. The Morgan fingerprint density at radius 3 is 2.71 bits per heavy atom. The average Bonchev–Trinajstić information content (AvgIpc) is 2.39. The molecule has 0 bridgehead atoms. The number of aromatic hydroxyl groups is 1. The molecule has 94 valence electrons. The fraction of sp³-hybridized carbons (Fsp3) is 0.571. The second-order valence-electron chi connectivity index (χ2n) is 4.71. The Hall–Kier alpha value is -1.06. The van der Waals surface area contributed by atoms with Crippen LogP contribution in [0, 0.1) is 0 Å². The van der Waals surface area contributed by atoms with Crippen LogP contribution in [0.1, 0.15) is 31.0 Å². The highest BCUT2D eigenvalue weighted by Gasteiger charge is 2.20. The van der Waals surface area contributed by atoms with Gasteiger partial charge in [-0.1, -0.05) is 19.1 Å². The van der Waals surface area contributed by atoms with E-state index in [0.717, 1.165) is 38.2 Å². The Morgan fingerprint density at radius 1 is 1.35 bits per heavy atom. The van der Waals surface area contributed by atoms with Crippen LogP contribution in [0.5, 0.6) is 5.75 Å². The van der Waals surface area contributed by atoms with E-state index in [4.69, 9.17) is 0 Å². The van der Waals surface area contributed by atoms with Crippen LogP contribution in [0.4, 0.5) is 0 Å². The minimum absolute atomic E-state index is 0.295. The zero-order valence-electron chi connectivity index (χ0n) is 10.7. The van der Waals surface area contributed by atoms with Gasteiger partial charge >= 0.3 is 0 Å². The first kappa shape index (κ1) is 12.4. The summed E-state index contributed by atoms with van der Waals surface area (Å²) in [5, 5.41) is 13.3. The van der Waals surface area contributed by atoms with Gasteiger partial charge in [0, 0.05) is 37.8 Å². The highest BCUT2D eigenvalue weighted by molar-refractivity contribution is 5.38. The SMILES string of the molecule is CCc1ccc(O)c(C(C)N2CCNCC2)c1. The molecular formula is C14H22N2O. The van der Waals surface area contributed by atoms with Crippen LogP contribution in [-0.2, 0) is 6.42 Å². The number of benzene rings is 1. The van der Waals surface area contributed by atoms with E-state index < -0.39 is 0 Å². The van der Waals surface area contributed by atoms with Crippen molar-refractivity contribution < 1.29 is 5.11 Å². The minimum Gasteiger partial charge on any atom is -0.508 e. The van der Waals surface area contributed by atoms with Crippen molar-refractivity contribution in [2.75, 3.05) is 26.2 Å². The first-order valence-corrected chi connectivity index (χ1v) is 6.49. The molecule has 2 rings (SSSR count). The second-order valence-corrected chi connectivity index (χ2v) is 4.71. The third kappa shape index (κ3) is 2.79. The standard InChI is InChI=1S/C14H22N2O/c1-3-12-4-5-14(17)13(10-12)11(2)16-8-6-15-7-9-16/h4-5,10-11,15,17H,3,6-9H2,1-2H3. The van der Waals surface area contributed by atoms with Gasteiger partial charge in [0.25, 0.3) is 0 Å². The van der Waals surface area contributed by atoms with E-state index in [2.05, 4.69) is 30.1 Å². The maximum absolute atomic E-state index is 9.99. The largest absolute Gasteiger partial charge is 0.508 e. The van der Waals surface area contributed by atoms with Crippen molar-refractivity contribution in [3.8, 4) is 5.75 Å². The molecule has 1 saturated heterocycles. The van der Waals surface area contributed by atoms with Crippen molar-refractivity contribution in [3.63, 3.8) is 0 Å². The summed E-state index contributed by atoms with van der Waals surface area (Å²) < 4.78 is 0. The van der Waals surface area contributed by atoms with Gasteiger partial charge in [-0.05, 0) is 25.0 Å². The quantitative estimate of drug-likeness (QED) is 0.838. The number of rotatable bonds is 3. The minimum atomic E-state index is 0.295. The monoisotopic (exact) mass is 234 g/mol. The molecule has 1 heterocycles. The lowest BCUT2D eigenvalue weighted by Crippen LogP contribution is -2.44. The van der Waals surface area contributed by atoms with Crippen LogP contribution in [0.3, 0.4) is 0 Å². The summed E-state index contributed by atoms with van der Waals surface area (Å²) in [6.07, 6.45) is 1.02. The molecule has 1 aromatic rings. The third-order valence-electron chi connectivity index (χ3n) is 3.65. The highest BCUT2D eigenvalue weighted by atomic mass is 16.3. The Bertz CT molecular complexity index is 372. The van der Waals surface area contributed by atoms with Crippen LogP contribution < -0.4 is 5.32 Å². The van der Waals surface area contributed by atoms with E-state index in [9.17, 15) is 5.11 Å². The Kier molecular flexibility index (Phi) is 4.02. The number of piperazine rings is 1. The molecule has 1 aliphatic rings. The molecule has 0 aromatic heterocycles. The number of aryl methyl sites for hydroxylation is 1. The summed E-state index contributed by atoms with van der Waals surface area (Å²) in [4.78, 5) is 2.42. The fourth-order valence-electron chi connectivity index (χ4n) is 2.42. The fourth-order valence-corrected chi connectivity index (χ4v) is 2.42. The van der Waals surface area contributed by atoms with Gasteiger partial charge in [0.1, 0.15) is 5.75 Å². The Labute approximate surface area is 103 Å². The van der Waals surface area contributed by atoms with Crippen LogP contribution in [0.15, 0.2) is 18.2 Å². The van der Waals surface area contributed by atoms with E-state index in [1.165, 1.54) is 5.56 Å². The predicted molar refractivity (Wildman–Crippen MR) is 70.3 cm³/mol. The van der Waals surface area contributed by atoms with Gasteiger partial charge in [-0.2, -0.15) is 0 Å². The number of phenolic OH excluding ortho intramolecular Hbond substituents is 1. The van der Waals surface area contributed by atoms with Crippen LogP contribution >= 0.6 is 0 Å². The van der Waals surface area contributed by atoms with E-state index in [1.807, 2.05) is 12.1 Å². The molecule has 0 amide bonds. The van der Waals surface area contributed by atoms with Gasteiger partial charge < -0.3 is 10.4 Å². The van der Waals surface area contributed by atoms with Crippen molar-refractivity contribution in [1.29, 1.82) is 0 Å². The Morgan fingerprint density at radius 2 is 2.06 bits per heavy atom. The smallest absolute Gasteiger partial charge is 0.120 e. The molecule has 1 fully saturated rings. The van der Waals surface area contributed by atoms with Crippen LogP contribution in [0.25, 0.3) is 0 Å². The average molecular weight is 234 g/mol. The number of hydrogen-bond donors (Lipinski definition) is 2. The molecule has 1 aromatic carbocycles. The Balaban J connectivity index is 2.19. The van der Waals surface area contributed by atoms with Gasteiger partial charge in [0.2, 0.25) is 0 Å². The summed E-state index contributed by atoms with van der Waals surface area (Å²) >= 11 is 0. The van der Waals surface area contributed by atoms with Crippen molar-refractivity contribution in [2.24, 2.45) is 0 Å². The molecule has 0 saturated carbocycles. The lowest BCUT2D eigenvalue weighted by atomic mass is 10.0. The zero-order chi connectivity index (χ0) is 12.3. The first-order chi connectivity index (χ1) is 8.22. The molecular weight excluding hydrogens is 212 g/mol. The maximum Gasteiger partial charge on any atom is 0.120 e. The van der Waals surface area contributed by atoms with Crippen molar-refractivity contribution in [3.05, 3.63) is 29.3 Å². The van der Waals surface area contributed by atoms with Gasteiger partial charge in [-0.25, -0.2) is 0 Å². The number of hydrogen-bond acceptors (Lipinski definition) is 3. The molecule has 3 nitrogen and oxygen atoms in total. The van der Waals surface area contributed by atoms with Crippen LogP contribution in [-0.4, -0.2) is 36.2 Å². The van der Waals surface area contributed by atoms with Gasteiger partial charge in [-0.3, -0.25) is 4.90 Å². The molecule has 0 spiro atoms. The van der Waals surface area contributed by atoms with E-state index >= 15 is 0 Å². The first-order valence-electron chi connectivity index (χ1n) is 6.49.